The predicted molar refractivity (Wildman–Crippen MR) is 104 cm³/mol. The molecule has 0 bridgehead atoms. The number of carbonyl (C=O) groups excluding carboxylic acids is 1. The Labute approximate surface area is 154 Å². The number of H-pyrrole nitrogens is 1. The second-order valence-electron chi connectivity index (χ2n) is 7.39. The number of nitrogens with one attached hydrogen (secondary N) is 2. The molecule has 136 valence electrons. The minimum atomic E-state index is 0.0175. The van der Waals surface area contributed by atoms with Gasteiger partial charge in [0, 0.05) is 42.1 Å². The minimum absolute atomic E-state index is 0.0175. The van der Waals surface area contributed by atoms with Gasteiger partial charge in [-0.05, 0) is 51.1 Å². The van der Waals surface area contributed by atoms with E-state index in [1.807, 2.05) is 30.6 Å². The van der Waals surface area contributed by atoms with Crippen molar-refractivity contribution in [2.75, 3.05) is 20.6 Å². The van der Waals surface area contributed by atoms with Crippen LogP contribution >= 0.6 is 0 Å². The SMILES string of the molecule is CN(C)CCn1cc(C(=O)NC2CCCc3[nH]ccc32)c2ccccc21. The lowest BCUT2D eigenvalue weighted by Crippen LogP contribution is -2.30. The summed E-state index contributed by atoms with van der Waals surface area (Å²) in [7, 11) is 4.13. The molecule has 2 aromatic heterocycles. The van der Waals surface area contributed by atoms with Gasteiger partial charge >= 0.3 is 0 Å². The average molecular weight is 350 g/mol. The number of rotatable bonds is 5. The fourth-order valence-electron chi connectivity index (χ4n) is 3.90. The number of fused-ring (bicyclic) bond motifs is 2. The Hall–Kier alpha value is -2.53. The summed E-state index contributed by atoms with van der Waals surface area (Å²) in [5.41, 5.74) is 4.38. The van der Waals surface area contributed by atoms with Crippen molar-refractivity contribution in [1.82, 2.24) is 19.8 Å². The molecule has 1 aliphatic carbocycles. The monoisotopic (exact) mass is 350 g/mol. The predicted octanol–water partition coefficient (Wildman–Crippen LogP) is 3.34. The molecule has 1 amide bonds. The molecule has 1 atom stereocenters. The number of likely N-dealkylation sites (N-methyl/N-ethyl adjacent to an activating group) is 1. The highest BCUT2D eigenvalue weighted by Crippen LogP contribution is 2.30. The molecule has 5 heteroatoms. The third-order valence-electron chi connectivity index (χ3n) is 5.29. The summed E-state index contributed by atoms with van der Waals surface area (Å²) in [6.07, 6.45) is 7.14. The summed E-state index contributed by atoms with van der Waals surface area (Å²) in [6, 6.07) is 10.4. The number of hydrogen-bond donors (Lipinski definition) is 2. The van der Waals surface area contributed by atoms with Crippen LogP contribution in [0.3, 0.4) is 0 Å². The maximum absolute atomic E-state index is 13.1. The molecule has 0 spiro atoms. The highest BCUT2D eigenvalue weighted by Gasteiger charge is 2.24. The minimum Gasteiger partial charge on any atom is -0.365 e. The van der Waals surface area contributed by atoms with Gasteiger partial charge < -0.3 is 19.8 Å². The molecule has 3 aromatic rings. The zero-order chi connectivity index (χ0) is 18.1. The Morgan fingerprint density at radius 1 is 1.31 bits per heavy atom. The van der Waals surface area contributed by atoms with Crippen molar-refractivity contribution >= 4 is 16.8 Å². The summed E-state index contributed by atoms with van der Waals surface area (Å²) in [5, 5.41) is 4.29. The topological polar surface area (TPSA) is 53.1 Å². The Balaban J connectivity index is 1.61. The zero-order valence-corrected chi connectivity index (χ0v) is 15.5. The summed E-state index contributed by atoms with van der Waals surface area (Å²) in [6.45, 7) is 1.81. The van der Waals surface area contributed by atoms with Crippen LogP contribution in [0, 0.1) is 0 Å². The Morgan fingerprint density at radius 3 is 3.00 bits per heavy atom. The molecule has 1 unspecified atom stereocenters. The lowest BCUT2D eigenvalue weighted by Gasteiger charge is -2.23. The van der Waals surface area contributed by atoms with Gasteiger partial charge in [0.1, 0.15) is 0 Å². The smallest absolute Gasteiger partial charge is 0.253 e. The van der Waals surface area contributed by atoms with Gasteiger partial charge in [0.15, 0.2) is 0 Å². The molecule has 1 aliphatic rings. The van der Waals surface area contributed by atoms with Crippen molar-refractivity contribution in [2.24, 2.45) is 0 Å². The molecule has 0 saturated carbocycles. The highest BCUT2D eigenvalue weighted by atomic mass is 16.1. The number of aryl methyl sites for hydroxylation is 1. The van der Waals surface area contributed by atoms with Crippen LogP contribution < -0.4 is 5.32 Å². The van der Waals surface area contributed by atoms with Gasteiger partial charge in [-0.1, -0.05) is 18.2 Å². The molecular formula is C21H26N4O. The van der Waals surface area contributed by atoms with E-state index < -0.39 is 0 Å². The molecule has 4 rings (SSSR count). The number of aromatic nitrogens is 2. The van der Waals surface area contributed by atoms with Gasteiger partial charge in [0.2, 0.25) is 0 Å². The molecular weight excluding hydrogens is 324 g/mol. The highest BCUT2D eigenvalue weighted by molar-refractivity contribution is 6.07. The van der Waals surface area contributed by atoms with Crippen LogP contribution in [-0.4, -0.2) is 41.0 Å². The third kappa shape index (κ3) is 3.15. The van der Waals surface area contributed by atoms with Crippen molar-refractivity contribution in [3.63, 3.8) is 0 Å². The van der Waals surface area contributed by atoms with E-state index in [2.05, 4.69) is 46.0 Å². The number of hydrogen-bond acceptors (Lipinski definition) is 2. The molecule has 1 aromatic carbocycles. The van der Waals surface area contributed by atoms with Gasteiger partial charge in [-0.2, -0.15) is 0 Å². The number of para-hydroxylation sites is 1. The third-order valence-corrected chi connectivity index (χ3v) is 5.29. The number of carbonyl (C=O) groups is 1. The molecule has 0 radical (unpaired) electrons. The Morgan fingerprint density at radius 2 is 2.15 bits per heavy atom. The van der Waals surface area contributed by atoms with Gasteiger partial charge in [-0.3, -0.25) is 4.79 Å². The van der Waals surface area contributed by atoms with Crippen LogP contribution in [0.1, 0.15) is 40.5 Å². The number of nitrogens with zero attached hydrogens (tertiary/aromatic N) is 2. The number of amides is 1. The van der Waals surface area contributed by atoms with Gasteiger partial charge in [0.25, 0.3) is 5.91 Å². The first kappa shape index (κ1) is 16.9. The van der Waals surface area contributed by atoms with Crippen molar-refractivity contribution in [3.8, 4) is 0 Å². The summed E-state index contributed by atoms with van der Waals surface area (Å²) < 4.78 is 2.19. The van der Waals surface area contributed by atoms with E-state index in [0.717, 1.165) is 48.8 Å². The zero-order valence-electron chi connectivity index (χ0n) is 15.5. The molecule has 5 nitrogen and oxygen atoms in total. The van der Waals surface area contributed by atoms with E-state index in [-0.39, 0.29) is 11.9 Å². The van der Waals surface area contributed by atoms with E-state index in [1.54, 1.807) is 0 Å². The van der Waals surface area contributed by atoms with E-state index >= 15 is 0 Å². The lowest BCUT2D eigenvalue weighted by atomic mass is 9.93. The lowest BCUT2D eigenvalue weighted by molar-refractivity contribution is 0.0934. The van der Waals surface area contributed by atoms with Crippen LogP contribution in [0.2, 0.25) is 0 Å². The molecule has 0 aliphatic heterocycles. The van der Waals surface area contributed by atoms with Crippen LogP contribution in [0.5, 0.6) is 0 Å². The van der Waals surface area contributed by atoms with Crippen LogP contribution in [0.25, 0.3) is 10.9 Å². The van der Waals surface area contributed by atoms with Crippen molar-refractivity contribution in [1.29, 1.82) is 0 Å². The normalized spacial score (nSPS) is 16.8. The Kier molecular flexibility index (Phi) is 4.55. The molecule has 2 N–H and O–H groups in total. The first-order chi connectivity index (χ1) is 12.6. The molecule has 26 heavy (non-hydrogen) atoms. The summed E-state index contributed by atoms with van der Waals surface area (Å²) in [5.74, 6) is 0.0175. The fourth-order valence-corrected chi connectivity index (χ4v) is 3.90. The largest absolute Gasteiger partial charge is 0.365 e. The molecule has 0 saturated heterocycles. The molecule has 0 fully saturated rings. The molecule has 2 heterocycles. The van der Waals surface area contributed by atoms with Crippen LogP contribution in [0.15, 0.2) is 42.7 Å². The second-order valence-corrected chi connectivity index (χ2v) is 7.39. The summed E-state index contributed by atoms with van der Waals surface area (Å²) in [4.78, 5) is 18.5. The maximum atomic E-state index is 13.1. The fraction of sp³-hybridized carbons (Fsp3) is 0.381. The quantitative estimate of drug-likeness (QED) is 0.741. The average Bonchev–Trinajstić information content (AvgIpc) is 3.25. The number of aromatic amines is 1. The van der Waals surface area contributed by atoms with Gasteiger partial charge in [0.05, 0.1) is 11.6 Å². The van der Waals surface area contributed by atoms with Crippen molar-refractivity contribution in [3.05, 3.63) is 59.5 Å². The first-order valence-corrected chi connectivity index (χ1v) is 9.33. The van der Waals surface area contributed by atoms with Crippen molar-refractivity contribution < 1.29 is 4.79 Å². The summed E-state index contributed by atoms with van der Waals surface area (Å²) >= 11 is 0. The van der Waals surface area contributed by atoms with Crippen LogP contribution in [0.4, 0.5) is 0 Å². The van der Waals surface area contributed by atoms with E-state index in [4.69, 9.17) is 0 Å². The standard InChI is InChI=1S/C21H26N4O/c1-24(2)12-13-25-14-17(15-6-3-4-9-20(15)25)21(26)23-19-8-5-7-18-16(19)10-11-22-18/h3-4,6,9-11,14,19,22H,5,7-8,12-13H2,1-2H3,(H,23,26). The second kappa shape index (κ2) is 7.00. The Bertz CT molecular complexity index is 921. The van der Waals surface area contributed by atoms with Gasteiger partial charge in [-0.25, -0.2) is 0 Å². The van der Waals surface area contributed by atoms with Gasteiger partial charge in [-0.15, -0.1) is 0 Å². The van der Waals surface area contributed by atoms with Crippen LogP contribution in [-0.2, 0) is 13.0 Å². The van der Waals surface area contributed by atoms with Crippen molar-refractivity contribution in [2.45, 2.75) is 31.8 Å². The van der Waals surface area contributed by atoms with E-state index in [1.165, 1.54) is 11.3 Å². The first-order valence-electron chi connectivity index (χ1n) is 9.33. The number of benzene rings is 1. The van der Waals surface area contributed by atoms with E-state index in [0.29, 0.717) is 0 Å². The maximum Gasteiger partial charge on any atom is 0.253 e. The van der Waals surface area contributed by atoms with E-state index in [9.17, 15) is 4.79 Å².